The van der Waals surface area contributed by atoms with Gasteiger partial charge in [0, 0.05) is 0 Å². The van der Waals surface area contributed by atoms with E-state index in [0.29, 0.717) is 23.7 Å². The van der Waals surface area contributed by atoms with Gasteiger partial charge in [0.15, 0.2) is 11.5 Å². The van der Waals surface area contributed by atoms with Gasteiger partial charge in [-0.2, -0.15) is 5.26 Å². The Hall–Kier alpha value is -2.97. The summed E-state index contributed by atoms with van der Waals surface area (Å²) in [4.78, 5) is 10.9. The number of carboxylic acids is 1. The first-order chi connectivity index (χ1) is 11.5. The van der Waals surface area contributed by atoms with E-state index in [9.17, 15) is 4.79 Å². The second-order valence-electron chi connectivity index (χ2n) is 4.78. The monoisotopic (exact) mass is 343 g/mol. The number of carbonyl (C=O) groups is 1. The maximum atomic E-state index is 10.9. The molecular weight excluding hydrogens is 330 g/mol. The Morgan fingerprint density at radius 3 is 2.62 bits per heavy atom. The van der Waals surface area contributed by atoms with Crippen molar-refractivity contribution < 1.29 is 19.4 Å². The van der Waals surface area contributed by atoms with Crippen molar-refractivity contribution in [2.45, 2.75) is 6.61 Å². The topological polar surface area (TPSA) is 79.5 Å². The van der Waals surface area contributed by atoms with E-state index in [2.05, 4.69) is 0 Å². The molecule has 0 unspecified atom stereocenters. The van der Waals surface area contributed by atoms with E-state index < -0.39 is 11.5 Å². The first kappa shape index (κ1) is 17.4. The number of hydrogen-bond acceptors (Lipinski definition) is 4. The number of rotatable bonds is 6. The number of carboxylic acid groups (broad SMARTS) is 1. The Morgan fingerprint density at radius 1 is 1.33 bits per heavy atom. The van der Waals surface area contributed by atoms with Crippen molar-refractivity contribution >= 4 is 23.6 Å². The van der Waals surface area contributed by atoms with Crippen molar-refractivity contribution in [1.29, 1.82) is 5.26 Å². The van der Waals surface area contributed by atoms with Gasteiger partial charge >= 0.3 is 5.97 Å². The zero-order chi connectivity index (χ0) is 17.5. The third kappa shape index (κ3) is 4.28. The van der Waals surface area contributed by atoms with Gasteiger partial charge in [-0.1, -0.05) is 41.9 Å². The van der Waals surface area contributed by atoms with E-state index in [1.807, 2.05) is 30.3 Å². The average molecular weight is 344 g/mol. The lowest BCUT2D eigenvalue weighted by molar-refractivity contribution is -0.132. The van der Waals surface area contributed by atoms with Gasteiger partial charge in [0.25, 0.3) is 0 Å². The number of halogens is 1. The van der Waals surface area contributed by atoms with Gasteiger partial charge in [-0.05, 0) is 29.3 Å². The minimum absolute atomic E-state index is 0.263. The van der Waals surface area contributed by atoms with E-state index in [1.54, 1.807) is 12.1 Å². The van der Waals surface area contributed by atoms with E-state index in [1.165, 1.54) is 19.3 Å². The molecule has 0 heterocycles. The molecule has 5 nitrogen and oxygen atoms in total. The molecule has 0 aromatic heterocycles. The zero-order valence-corrected chi connectivity index (χ0v) is 13.6. The maximum Gasteiger partial charge on any atom is 0.346 e. The van der Waals surface area contributed by atoms with Gasteiger partial charge in [0.1, 0.15) is 18.2 Å². The lowest BCUT2D eigenvalue weighted by Gasteiger charge is -2.13. The lowest BCUT2D eigenvalue weighted by Crippen LogP contribution is -2.00. The summed E-state index contributed by atoms with van der Waals surface area (Å²) in [6.07, 6.45) is 1.22. The second-order valence-corrected chi connectivity index (χ2v) is 5.19. The number of benzene rings is 2. The molecule has 0 amide bonds. The van der Waals surface area contributed by atoms with Crippen molar-refractivity contribution in [3.63, 3.8) is 0 Å². The van der Waals surface area contributed by atoms with E-state index in [4.69, 9.17) is 31.4 Å². The zero-order valence-electron chi connectivity index (χ0n) is 12.8. The van der Waals surface area contributed by atoms with Gasteiger partial charge in [-0.15, -0.1) is 0 Å². The van der Waals surface area contributed by atoms with Crippen LogP contribution in [0.1, 0.15) is 11.1 Å². The molecule has 0 saturated carbocycles. The van der Waals surface area contributed by atoms with Crippen molar-refractivity contribution in [2.75, 3.05) is 7.11 Å². The van der Waals surface area contributed by atoms with Crippen LogP contribution in [0.5, 0.6) is 11.5 Å². The van der Waals surface area contributed by atoms with E-state index in [0.717, 1.165) is 5.56 Å². The molecule has 2 aromatic carbocycles. The Kier molecular flexibility index (Phi) is 5.83. The molecule has 0 aliphatic carbocycles. The molecule has 6 heteroatoms. The predicted molar refractivity (Wildman–Crippen MR) is 90.0 cm³/mol. The molecule has 0 spiro atoms. The smallest absolute Gasteiger partial charge is 0.346 e. The number of ether oxygens (including phenoxy) is 2. The van der Waals surface area contributed by atoms with Crippen LogP contribution >= 0.6 is 11.6 Å². The minimum Gasteiger partial charge on any atom is -0.493 e. The van der Waals surface area contributed by atoms with Gasteiger partial charge < -0.3 is 14.6 Å². The summed E-state index contributed by atoms with van der Waals surface area (Å²) in [5.41, 5.74) is 1.01. The normalized spacial score (nSPS) is 10.8. The number of aliphatic carboxylic acids is 1. The fraction of sp³-hybridized carbons (Fsp3) is 0.111. The second kappa shape index (κ2) is 8.04. The highest BCUT2D eigenvalue weighted by Crippen LogP contribution is 2.37. The summed E-state index contributed by atoms with van der Waals surface area (Å²) >= 11 is 6.22. The summed E-state index contributed by atoms with van der Waals surface area (Å²) in [7, 11) is 1.46. The van der Waals surface area contributed by atoms with Crippen molar-refractivity contribution in [3.8, 4) is 17.6 Å². The third-order valence-electron chi connectivity index (χ3n) is 3.14. The fourth-order valence-electron chi connectivity index (χ4n) is 2.00. The molecule has 2 aromatic rings. The Labute approximate surface area is 144 Å². The number of nitriles is 1. The van der Waals surface area contributed by atoms with Crippen LogP contribution in [0.2, 0.25) is 5.02 Å². The highest BCUT2D eigenvalue weighted by molar-refractivity contribution is 6.32. The number of methoxy groups -OCH3 is 1. The van der Waals surface area contributed by atoms with Crippen LogP contribution < -0.4 is 9.47 Å². The standard InChI is InChI=1S/C18H14ClNO4/c1-23-16-9-13(7-14(10-20)18(21)22)8-15(19)17(16)24-11-12-5-3-2-4-6-12/h2-9H,11H2,1H3,(H,21,22). The van der Waals surface area contributed by atoms with Gasteiger partial charge in [-0.25, -0.2) is 4.79 Å². The van der Waals surface area contributed by atoms with Crippen LogP contribution in [0.25, 0.3) is 6.08 Å². The van der Waals surface area contributed by atoms with Crippen LogP contribution in [0.4, 0.5) is 0 Å². The molecule has 0 bridgehead atoms. The summed E-state index contributed by atoms with van der Waals surface area (Å²) in [6, 6.07) is 14.3. The summed E-state index contributed by atoms with van der Waals surface area (Å²) in [5.74, 6) is -0.599. The fourth-order valence-corrected chi connectivity index (χ4v) is 2.28. The number of hydrogen-bond donors (Lipinski definition) is 1. The molecule has 0 radical (unpaired) electrons. The van der Waals surface area contributed by atoms with E-state index in [-0.39, 0.29) is 5.02 Å². The van der Waals surface area contributed by atoms with Crippen LogP contribution in [0, 0.1) is 11.3 Å². The van der Waals surface area contributed by atoms with Crippen molar-refractivity contribution in [3.05, 3.63) is 64.2 Å². The van der Waals surface area contributed by atoms with Gasteiger partial charge in [0.2, 0.25) is 0 Å². The molecular formula is C18H14ClNO4. The first-order valence-electron chi connectivity index (χ1n) is 6.94. The molecule has 2 rings (SSSR count). The largest absolute Gasteiger partial charge is 0.493 e. The maximum absolute atomic E-state index is 10.9. The molecule has 0 atom stereocenters. The molecule has 0 saturated heterocycles. The van der Waals surface area contributed by atoms with E-state index >= 15 is 0 Å². The molecule has 0 aliphatic heterocycles. The van der Waals surface area contributed by atoms with Crippen molar-refractivity contribution in [1.82, 2.24) is 0 Å². The highest BCUT2D eigenvalue weighted by atomic mass is 35.5. The Bertz CT molecular complexity index is 810. The number of nitrogens with zero attached hydrogens (tertiary/aromatic N) is 1. The quantitative estimate of drug-likeness (QED) is 0.635. The third-order valence-corrected chi connectivity index (χ3v) is 3.42. The molecule has 1 N–H and O–H groups in total. The molecule has 0 fully saturated rings. The summed E-state index contributed by atoms with van der Waals surface area (Å²) < 4.78 is 11.0. The SMILES string of the molecule is COc1cc(C=C(C#N)C(=O)O)cc(Cl)c1OCc1ccccc1. The summed E-state index contributed by atoms with van der Waals surface area (Å²) in [5, 5.41) is 18.0. The molecule has 0 aliphatic rings. The minimum atomic E-state index is -1.31. The predicted octanol–water partition coefficient (Wildman–Crippen LogP) is 3.92. The summed E-state index contributed by atoms with van der Waals surface area (Å²) in [6.45, 7) is 0.310. The van der Waals surface area contributed by atoms with Crippen LogP contribution in [-0.4, -0.2) is 18.2 Å². The average Bonchev–Trinajstić information content (AvgIpc) is 2.58. The van der Waals surface area contributed by atoms with Crippen molar-refractivity contribution in [2.24, 2.45) is 0 Å². The first-order valence-corrected chi connectivity index (χ1v) is 7.32. The molecule has 122 valence electrons. The molecule has 24 heavy (non-hydrogen) atoms. The van der Waals surface area contributed by atoms with Crippen LogP contribution in [-0.2, 0) is 11.4 Å². The van der Waals surface area contributed by atoms with Gasteiger partial charge in [0.05, 0.1) is 12.1 Å². The van der Waals surface area contributed by atoms with Crippen LogP contribution in [0.15, 0.2) is 48.0 Å². The Morgan fingerprint density at radius 2 is 2.04 bits per heavy atom. The Balaban J connectivity index is 2.31. The lowest BCUT2D eigenvalue weighted by atomic mass is 10.1. The van der Waals surface area contributed by atoms with Gasteiger partial charge in [-0.3, -0.25) is 0 Å². The van der Waals surface area contributed by atoms with Crippen LogP contribution in [0.3, 0.4) is 0 Å². The highest BCUT2D eigenvalue weighted by Gasteiger charge is 2.13.